The van der Waals surface area contributed by atoms with Crippen LogP contribution in [0.15, 0.2) is 0 Å². The number of rotatable bonds is 6. The van der Waals surface area contributed by atoms with E-state index in [1.165, 1.54) is 6.92 Å². The third kappa shape index (κ3) is 5.15. The molecule has 1 N–H and O–H groups in total. The number of hydrogen-bond donors (Lipinski definition) is 1. The van der Waals surface area contributed by atoms with Crippen molar-refractivity contribution >= 4 is 11.9 Å². The maximum absolute atomic E-state index is 13.7. The minimum Gasteiger partial charge on any atom is -0.477 e. The molecule has 0 bridgehead atoms. The first-order chi connectivity index (χ1) is 9.99. The predicted octanol–water partition coefficient (Wildman–Crippen LogP) is 4.52. The summed E-state index contributed by atoms with van der Waals surface area (Å²) in [6, 6.07) is 0. The molecular weight excluding hydrogens is 306 g/mol. The van der Waals surface area contributed by atoms with Crippen molar-refractivity contribution in [3.05, 3.63) is 0 Å². The van der Waals surface area contributed by atoms with Crippen molar-refractivity contribution < 1.29 is 28.2 Å². The molecule has 6 heteroatoms. The largest absolute Gasteiger partial charge is 0.477 e. The van der Waals surface area contributed by atoms with Crippen LogP contribution in [-0.2, 0) is 14.3 Å². The first-order valence-corrected chi connectivity index (χ1v) is 7.81. The van der Waals surface area contributed by atoms with Gasteiger partial charge in [-0.2, -0.15) is 8.78 Å². The van der Waals surface area contributed by atoms with E-state index < -0.39 is 34.8 Å². The molecule has 2 atom stereocenters. The van der Waals surface area contributed by atoms with Gasteiger partial charge in [0.15, 0.2) is 6.10 Å². The van der Waals surface area contributed by atoms with Gasteiger partial charge in [0.05, 0.1) is 5.41 Å². The second-order valence-corrected chi connectivity index (χ2v) is 8.55. The van der Waals surface area contributed by atoms with Gasteiger partial charge in [-0.3, -0.25) is 4.79 Å². The fraction of sp³-hybridized carbons (Fsp3) is 0.882. The number of carboxylic acids is 1. The number of hydrogen-bond acceptors (Lipinski definition) is 3. The first-order valence-electron chi connectivity index (χ1n) is 7.81. The molecule has 0 radical (unpaired) electrons. The van der Waals surface area contributed by atoms with E-state index in [0.29, 0.717) is 6.42 Å². The van der Waals surface area contributed by atoms with Gasteiger partial charge in [-0.05, 0) is 30.6 Å². The SMILES string of the molecule is CCC(OC(=O)C(C)(CC(C)(C)C)C(C)(C)C)C(F)(F)C(=O)O. The maximum Gasteiger partial charge on any atom is 0.378 e. The Morgan fingerprint density at radius 1 is 1.04 bits per heavy atom. The molecule has 0 spiro atoms. The van der Waals surface area contributed by atoms with Crippen molar-refractivity contribution in [2.45, 2.75) is 80.3 Å². The van der Waals surface area contributed by atoms with E-state index in [-0.39, 0.29) is 11.8 Å². The summed E-state index contributed by atoms with van der Waals surface area (Å²) in [5.74, 6) is -7.18. The summed E-state index contributed by atoms with van der Waals surface area (Å²) >= 11 is 0. The van der Waals surface area contributed by atoms with Crippen molar-refractivity contribution in [3.8, 4) is 0 Å². The molecule has 0 rings (SSSR count). The standard InChI is InChI=1S/C17H30F2O4/c1-9-11(17(18,19)12(20)21)23-13(22)16(8,15(5,6)7)10-14(2,3)4/h11H,9-10H2,1-8H3,(H,20,21). The van der Waals surface area contributed by atoms with Gasteiger partial charge in [0.1, 0.15) is 0 Å². The Morgan fingerprint density at radius 2 is 1.48 bits per heavy atom. The van der Waals surface area contributed by atoms with Gasteiger partial charge in [0, 0.05) is 0 Å². The maximum atomic E-state index is 13.7. The summed E-state index contributed by atoms with van der Waals surface area (Å²) in [6.45, 7) is 14.4. The number of carbonyl (C=O) groups excluding carboxylic acids is 1. The second-order valence-electron chi connectivity index (χ2n) is 8.55. The molecule has 0 fully saturated rings. The lowest BCUT2D eigenvalue weighted by molar-refractivity contribution is -0.203. The van der Waals surface area contributed by atoms with Crippen LogP contribution >= 0.6 is 0 Å². The highest BCUT2D eigenvalue weighted by Crippen LogP contribution is 2.48. The van der Waals surface area contributed by atoms with Gasteiger partial charge in [0.2, 0.25) is 0 Å². The molecule has 4 nitrogen and oxygen atoms in total. The van der Waals surface area contributed by atoms with E-state index in [2.05, 4.69) is 0 Å². The van der Waals surface area contributed by atoms with Crippen LogP contribution < -0.4 is 0 Å². The molecule has 0 aliphatic rings. The van der Waals surface area contributed by atoms with Crippen LogP contribution in [0.25, 0.3) is 0 Å². The number of ether oxygens (including phenoxy) is 1. The van der Waals surface area contributed by atoms with Crippen LogP contribution in [0.2, 0.25) is 0 Å². The fourth-order valence-corrected chi connectivity index (χ4v) is 2.51. The lowest BCUT2D eigenvalue weighted by atomic mass is 9.61. The minimum atomic E-state index is -4.11. The molecule has 2 unspecified atom stereocenters. The number of alkyl halides is 2. The van der Waals surface area contributed by atoms with Crippen molar-refractivity contribution in [1.29, 1.82) is 0 Å². The molecule has 0 amide bonds. The van der Waals surface area contributed by atoms with E-state index >= 15 is 0 Å². The average molecular weight is 336 g/mol. The molecule has 0 aromatic carbocycles. The number of halogens is 2. The van der Waals surface area contributed by atoms with Crippen LogP contribution in [-0.4, -0.2) is 29.1 Å². The van der Waals surface area contributed by atoms with Crippen LogP contribution in [0.4, 0.5) is 8.78 Å². The predicted molar refractivity (Wildman–Crippen MR) is 84.4 cm³/mol. The zero-order chi connectivity index (χ0) is 18.9. The molecule has 0 saturated heterocycles. The van der Waals surface area contributed by atoms with E-state index in [1.807, 2.05) is 41.5 Å². The zero-order valence-electron chi connectivity index (χ0n) is 15.4. The highest BCUT2D eigenvalue weighted by Gasteiger charge is 2.53. The van der Waals surface area contributed by atoms with E-state index in [9.17, 15) is 18.4 Å². The Morgan fingerprint density at radius 3 is 1.74 bits per heavy atom. The van der Waals surface area contributed by atoms with Crippen molar-refractivity contribution in [2.24, 2.45) is 16.2 Å². The Hall–Kier alpha value is -1.20. The third-order valence-electron chi connectivity index (χ3n) is 4.30. The molecule has 0 saturated carbocycles. The molecule has 23 heavy (non-hydrogen) atoms. The van der Waals surface area contributed by atoms with Gasteiger partial charge >= 0.3 is 17.9 Å². The Labute approximate surface area is 137 Å². The molecule has 0 heterocycles. The first kappa shape index (κ1) is 21.8. The Balaban J connectivity index is 5.62. The summed E-state index contributed by atoms with van der Waals surface area (Å²) < 4.78 is 32.4. The molecule has 0 aliphatic carbocycles. The van der Waals surface area contributed by atoms with Crippen molar-refractivity contribution in [1.82, 2.24) is 0 Å². The lowest BCUT2D eigenvalue weighted by Crippen LogP contribution is -2.49. The molecule has 136 valence electrons. The smallest absolute Gasteiger partial charge is 0.378 e. The topological polar surface area (TPSA) is 63.6 Å². The van der Waals surface area contributed by atoms with E-state index in [0.717, 1.165) is 0 Å². The highest BCUT2D eigenvalue weighted by atomic mass is 19.3. The number of carboxylic acid groups (broad SMARTS) is 1. The van der Waals surface area contributed by atoms with Gasteiger partial charge < -0.3 is 9.84 Å². The number of carbonyl (C=O) groups is 2. The third-order valence-corrected chi connectivity index (χ3v) is 4.30. The summed E-state index contributed by atoms with van der Waals surface area (Å²) in [4.78, 5) is 23.4. The number of esters is 1. The average Bonchev–Trinajstić information content (AvgIpc) is 2.31. The molecule has 0 aliphatic heterocycles. The fourth-order valence-electron chi connectivity index (χ4n) is 2.51. The van der Waals surface area contributed by atoms with Crippen LogP contribution in [0.3, 0.4) is 0 Å². The van der Waals surface area contributed by atoms with Crippen LogP contribution in [0, 0.1) is 16.2 Å². The van der Waals surface area contributed by atoms with Gasteiger partial charge in [-0.1, -0.05) is 48.5 Å². The second kappa shape index (κ2) is 6.73. The minimum absolute atomic E-state index is 0.224. The lowest BCUT2D eigenvalue weighted by Gasteiger charge is -2.44. The molecule has 0 aromatic rings. The van der Waals surface area contributed by atoms with Gasteiger partial charge in [-0.15, -0.1) is 0 Å². The highest BCUT2D eigenvalue weighted by molar-refractivity contribution is 5.80. The summed E-state index contributed by atoms with van der Waals surface area (Å²) in [6.07, 6.45) is -1.83. The van der Waals surface area contributed by atoms with Crippen LogP contribution in [0.5, 0.6) is 0 Å². The van der Waals surface area contributed by atoms with Crippen molar-refractivity contribution in [3.63, 3.8) is 0 Å². The Kier molecular flexibility index (Phi) is 6.38. The van der Waals surface area contributed by atoms with Crippen LogP contribution in [0.1, 0.15) is 68.2 Å². The normalized spacial score (nSPS) is 17.3. The van der Waals surface area contributed by atoms with E-state index in [4.69, 9.17) is 9.84 Å². The summed E-state index contributed by atoms with van der Waals surface area (Å²) in [7, 11) is 0. The Bertz CT molecular complexity index is 446. The summed E-state index contributed by atoms with van der Waals surface area (Å²) in [5, 5.41) is 8.66. The van der Waals surface area contributed by atoms with E-state index in [1.54, 1.807) is 6.92 Å². The quantitative estimate of drug-likeness (QED) is 0.725. The molecular formula is C17H30F2O4. The van der Waals surface area contributed by atoms with Gasteiger partial charge in [0.25, 0.3) is 0 Å². The number of aliphatic carboxylic acids is 1. The molecule has 0 aromatic heterocycles. The van der Waals surface area contributed by atoms with Gasteiger partial charge in [-0.25, -0.2) is 4.79 Å². The monoisotopic (exact) mass is 336 g/mol. The van der Waals surface area contributed by atoms with Crippen molar-refractivity contribution in [2.75, 3.05) is 0 Å². The summed E-state index contributed by atoms with van der Waals surface area (Å²) in [5.41, 5.74) is -1.78. The zero-order valence-corrected chi connectivity index (χ0v) is 15.4.